The van der Waals surface area contributed by atoms with Crippen molar-refractivity contribution in [1.82, 2.24) is 0 Å². The van der Waals surface area contributed by atoms with Crippen molar-refractivity contribution in [1.29, 1.82) is 21.6 Å². The number of isocyanates is 4. The fraction of sp³-hybridized carbons (Fsp3) is 0.0588. The van der Waals surface area contributed by atoms with Gasteiger partial charge in [-0.2, -0.15) is 0 Å². The van der Waals surface area contributed by atoms with Gasteiger partial charge in [-0.05, 0) is 28.3 Å². The van der Waals surface area contributed by atoms with Crippen molar-refractivity contribution in [3.05, 3.63) is 53.6 Å². The molecule has 2 aromatic rings. The molecule has 0 unspecified atom stereocenters. The maximum atomic E-state index is 8.35. The van der Waals surface area contributed by atoms with Crippen molar-refractivity contribution in [3.8, 4) is 0 Å². The monoisotopic (exact) mass is 338 g/mol. The van der Waals surface area contributed by atoms with E-state index in [1.807, 2.05) is 0 Å². The molecule has 25 heavy (non-hydrogen) atoms. The summed E-state index contributed by atoms with van der Waals surface area (Å²) in [7, 11) is 0. The normalized spacial score (nSPS) is 8.32. The van der Waals surface area contributed by atoms with Gasteiger partial charge >= 0.3 is 0 Å². The quantitative estimate of drug-likeness (QED) is 0.429. The lowest BCUT2D eigenvalue weighted by molar-refractivity contribution is 0.562. The van der Waals surface area contributed by atoms with E-state index in [1.54, 1.807) is 0 Å². The molecule has 0 spiro atoms. The first kappa shape index (κ1) is 23.2. The SMILES string of the molecule is C1=Cc2cccc3cccc(c23)C1.N=C=O.N=C=O.N=C=O.N=C=O. The second kappa shape index (κ2) is 16.3. The predicted octanol–water partition coefficient (Wildman–Crippen LogP) is 3.01. The Morgan fingerprint density at radius 2 is 1.16 bits per heavy atom. The van der Waals surface area contributed by atoms with E-state index in [1.165, 1.54) is 21.9 Å². The minimum absolute atomic E-state index is 0.750. The van der Waals surface area contributed by atoms with Crippen LogP contribution >= 0.6 is 0 Å². The van der Waals surface area contributed by atoms with Crippen LogP contribution in [-0.4, -0.2) is 24.3 Å². The number of rotatable bonds is 0. The standard InChI is InChI=1S/C13H10.4CHNO/c1-4-10-6-2-8-12-9-3-7-11(5-1)13(10)12;4*2-1-3/h1-8H,9H2;4*2H. The fourth-order valence-electron chi connectivity index (χ4n) is 2.07. The molecule has 3 rings (SSSR count). The molecule has 0 fully saturated rings. The Hall–Kier alpha value is -4.04. The van der Waals surface area contributed by atoms with Gasteiger partial charge in [0.2, 0.25) is 24.3 Å². The summed E-state index contributed by atoms with van der Waals surface area (Å²) in [4.78, 5) is 33.4. The van der Waals surface area contributed by atoms with Gasteiger partial charge in [-0.1, -0.05) is 48.6 Å². The van der Waals surface area contributed by atoms with Crippen LogP contribution < -0.4 is 0 Å². The number of nitrogens with one attached hydrogen (secondary N) is 4. The van der Waals surface area contributed by atoms with E-state index in [9.17, 15) is 0 Å². The lowest BCUT2D eigenvalue weighted by Gasteiger charge is -2.11. The minimum atomic E-state index is 0.750. The van der Waals surface area contributed by atoms with Crippen LogP contribution in [0.5, 0.6) is 0 Å². The summed E-state index contributed by atoms with van der Waals surface area (Å²) >= 11 is 0. The first-order valence-corrected chi connectivity index (χ1v) is 6.44. The van der Waals surface area contributed by atoms with E-state index >= 15 is 0 Å². The molecule has 0 amide bonds. The third-order valence-electron chi connectivity index (χ3n) is 2.66. The highest BCUT2D eigenvalue weighted by atomic mass is 16.1. The van der Waals surface area contributed by atoms with Crippen LogP contribution in [0.25, 0.3) is 16.8 Å². The predicted molar refractivity (Wildman–Crippen MR) is 90.3 cm³/mol. The van der Waals surface area contributed by atoms with Crippen molar-refractivity contribution in [3.63, 3.8) is 0 Å². The zero-order valence-corrected chi connectivity index (χ0v) is 13.0. The van der Waals surface area contributed by atoms with Gasteiger partial charge < -0.3 is 0 Å². The Morgan fingerprint density at radius 3 is 1.64 bits per heavy atom. The first-order valence-electron chi connectivity index (χ1n) is 6.44. The minimum Gasteiger partial charge on any atom is -0.222 e. The maximum Gasteiger partial charge on any atom is 0.231 e. The van der Waals surface area contributed by atoms with Crippen LogP contribution in [0.15, 0.2) is 42.5 Å². The molecule has 0 saturated carbocycles. The third-order valence-corrected chi connectivity index (χ3v) is 2.66. The van der Waals surface area contributed by atoms with E-state index < -0.39 is 0 Å². The number of benzene rings is 2. The summed E-state index contributed by atoms with van der Waals surface area (Å²) in [5.74, 6) is 0. The Labute approximate surface area is 142 Å². The largest absolute Gasteiger partial charge is 0.231 e. The molecule has 126 valence electrons. The zero-order chi connectivity index (χ0) is 19.5. The van der Waals surface area contributed by atoms with Crippen LogP contribution in [0.3, 0.4) is 0 Å². The average molecular weight is 338 g/mol. The average Bonchev–Trinajstić information content (AvgIpc) is 2.59. The summed E-state index contributed by atoms with van der Waals surface area (Å²) < 4.78 is 0. The van der Waals surface area contributed by atoms with Crippen molar-refractivity contribution in [2.45, 2.75) is 6.42 Å². The van der Waals surface area contributed by atoms with Crippen molar-refractivity contribution >= 4 is 41.2 Å². The molecule has 1 aliphatic carbocycles. The topological polar surface area (TPSA) is 164 Å². The Morgan fingerprint density at radius 1 is 0.720 bits per heavy atom. The van der Waals surface area contributed by atoms with Crippen LogP contribution in [0.2, 0.25) is 0 Å². The van der Waals surface area contributed by atoms with Crippen LogP contribution in [0, 0.1) is 21.6 Å². The molecule has 0 saturated heterocycles. The molecular weight excluding hydrogens is 324 g/mol. The van der Waals surface area contributed by atoms with Crippen LogP contribution in [0.1, 0.15) is 11.1 Å². The highest BCUT2D eigenvalue weighted by molar-refractivity contribution is 5.94. The van der Waals surface area contributed by atoms with Crippen molar-refractivity contribution in [2.24, 2.45) is 0 Å². The summed E-state index contributed by atoms with van der Waals surface area (Å²) in [5.41, 5.74) is 2.81. The Balaban J connectivity index is 0. The molecule has 0 atom stereocenters. The van der Waals surface area contributed by atoms with Gasteiger partial charge in [0.15, 0.2) is 0 Å². The lowest BCUT2D eigenvalue weighted by Crippen LogP contribution is -1.91. The summed E-state index contributed by atoms with van der Waals surface area (Å²) in [6.45, 7) is 0. The van der Waals surface area contributed by atoms with E-state index in [-0.39, 0.29) is 0 Å². The molecule has 2 aromatic carbocycles. The van der Waals surface area contributed by atoms with Crippen molar-refractivity contribution < 1.29 is 19.2 Å². The summed E-state index contributed by atoms with van der Waals surface area (Å²) in [6, 6.07) is 13.0. The number of carbonyl (C=O) groups excluding carboxylic acids is 4. The molecule has 0 heterocycles. The molecule has 0 bridgehead atoms. The molecular formula is C17H14N4O4. The van der Waals surface area contributed by atoms with Crippen molar-refractivity contribution in [2.75, 3.05) is 0 Å². The van der Waals surface area contributed by atoms with Gasteiger partial charge in [-0.25, -0.2) is 40.8 Å². The number of hydrogen-bond donors (Lipinski definition) is 4. The first-order chi connectivity index (χ1) is 12.1. The smallest absolute Gasteiger partial charge is 0.222 e. The van der Waals surface area contributed by atoms with Gasteiger partial charge in [0.05, 0.1) is 0 Å². The highest BCUT2D eigenvalue weighted by Crippen LogP contribution is 2.27. The fourth-order valence-corrected chi connectivity index (χ4v) is 2.07. The third kappa shape index (κ3) is 9.55. The molecule has 0 aliphatic heterocycles. The van der Waals surface area contributed by atoms with E-state index in [0.29, 0.717) is 0 Å². The van der Waals surface area contributed by atoms with Gasteiger partial charge in [-0.3, -0.25) is 0 Å². The number of allylic oxidation sites excluding steroid dienone is 1. The second-order valence-corrected chi connectivity index (χ2v) is 3.88. The highest BCUT2D eigenvalue weighted by Gasteiger charge is 2.06. The van der Waals surface area contributed by atoms with Crippen LogP contribution in [-0.2, 0) is 25.6 Å². The van der Waals surface area contributed by atoms with E-state index in [2.05, 4.69) is 48.6 Å². The molecule has 1 aliphatic rings. The second-order valence-electron chi connectivity index (χ2n) is 3.88. The zero-order valence-electron chi connectivity index (χ0n) is 13.0. The summed E-state index contributed by atoms with van der Waals surface area (Å²) in [6.07, 6.45) is 8.53. The Kier molecular flexibility index (Phi) is 15.2. The van der Waals surface area contributed by atoms with E-state index in [0.717, 1.165) is 30.7 Å². The van der Waals surface area contributed by atoms with Gasteiger partial charge in [0, 0.05) is 0 Å². The summed E-state index contributed by atoms with van der Waals surface area (Å²) in [5, 5.41) is 24.4. The molecule has 0 radical (unpaired) electrons. The maximum absolute atomic E-state index is 8.35. The number of hydrogen-bond acceptors (Lipinski definition) is 8. The molecule has 8 heteroatoms. The van der Waals surface area contributed by atoms with E-state index in [4.69, 9.17) is 40.8 Å². The van der Waals surface area contributed by atoms with Crippen LogP contribution in [0.4, 0.5) is 0 Å². The molecule has 8 nitrogen and oxygen atoms in total. The Bertz CT molecular complexity index is 782. The lowest BCUT2D eigenvalue weighted by atomic mass is 9.93. The van der Waals surface area contributed by atoms with Gasteiger partial charge in [0.25, 0.3) is 0 Å². The molecule has 4 N–H and O–H groups in total. The molecule has 0 aromatic heterocycles. The van der Waals surface area contributed by atoms with Gasteiger partial charge in [-0.15, -0.1) is 0 Å². The van der Waals surface area contributed by atoms with Gasteiger partial charge in [0.1, 0.15) is 0 Å².